The highest BCUT2D eigenvalue weighted by Gasteiger charge is 2.31. The molecule has 16 heavy (non-hydrogen) atoms. The predicted octanol–water partition coefficient (Wildman–Crippen LogP) is 1.80. The van der Waals surface area contributed by atoms with Gasteiger partial charge in [0.05, 0.1) is 0 Å². The zero-order valence-electron chi connectivity index (χ0n) is 8.41. The number of benzene rings is 1. The first-order valence-corrected chi connectivity index (χ1v) is 5.16. The molecule has 0 saturated heterocycles. The van der Waals surface area contributed by atoms with Gasteiger partial charge >= 0.3 is 5.97 Å². The molecule has 1 aromatic carbocycles. The topological polar surface area (TPSA) is 66.8 Å². The highest BCUT2D eigenvalue weighted by Crippen LogP contribution is 2.23. The number of hydrogen-bond donors (Lipinski definition) is 2. The van der Waals surface area contributed by atoms with Crippen molar-refractivity contribution in [2.24, 2.45) is 0 Å². The van der Waals surface area contributed by atoms with Gasteiger partial charge in [0.2, 0.25) is 0 Å². The van der Waals surface area contributed by atoms with Crippen molar-refractivity contribution in [1.29, 1.82) is 0 Å². The normalized spacial score (nSPS) is 14.2. The maximum Gasteiger partial charge on any atom is 0.339 e. The standard InChI is InChI=1S/C10H10BrFO4/c1-10(15,9(13)14)5-16-8-4-6(11)2-3-7(8)12/h2-4,15H,5H2,1H3,(H,13,14). The summed E-state index contributed by atoms with van der Waals surface area (Å²) in [5.41, 5.74) is -2.05. The fourth-order valence-corrected chi connectivity index (χ4v) is 1.21. The van der Waals surface area contributed by atoms with E-state index in [9.17, 15) is 14.3 Å². The van der Waals surface area contributed by atoms with Gasteiger partial charge in [0.25, 0.3) is 0 Å². The quantitative estimate of drug-likeness (QED) is 0.888. The van der Waals surface area contributed by atoms with E-state index in [1.165, 1.54) is 18.2 Å². The van der Waals surface area contributed by atoms with Crippen molar-refractivity contribution in [3.63, 3.8) is 0 Å². The summed E-state index contributed by atoms with van der Waals surface area (Å²) in [6, 6.07) is 4.01. The van der Waals surface area contributed by atoms with Gasteiger partial charge < -0.3 is 14.9 Å². The van der Waals surface area contributed by atoms with Crippen LogP contribution in [0.5, 0.6) is 5.75 Å². The summed E-state index contributed by atoms with van der Waals surface area (Å²) in [5.74, 6) is -2.16. The highest BCUT2D eigenvalue weighted by atomic mass is 79.9. The summed E-state index contributed by atoms with van der Waals surface area (Å²) >= 11 is 3.12. The van der Waals surface area contributed by atoms with Crippen LogP contribution in [0, 0.1) is 5.82 Å². The predicted molar refractivity (Wildman–Crippen MR) is 57.9 cm³/mol. The number of carbonyl (C=O) groups is 1. The molecule has 0 aliphatic heterocycles. The Bertz CT molecular complexity index is 406. The first-order valence-electron chi connectivity index (χ1n) is 4.36. The van der Waals surface area contributed by atoms with Crippen molar-refractivity contribution < 1.29 is 24.1 Å². The first kappa shape index (κ1) is 12.9. The van der Waals surface area contributed by atoms with Crippen molar-refractivity contribution in [2.75, 3.05) is 6.61 Å². The van der Waals surface area contributed by atoms with Crippen LogP contribution in [0.15, 0.2) is 22.7 Å². The summed E-state index contributed by atoms with van der Waals surface area (Å²) in [4.78, 5) is 10.6. The van der Waals surface area contributed by atoms with Gasteiger partial charge in [0.15, 0.2) is 17.2 Å². The molecule has 0 aliphatic carbocycles. The number of halogens is 2. The molecule has 0 spiro atoms. The van der Waals surface area contributed by atoms with Crippen LogP contribution in [0.1, 0.15) is 6.92 Å². The van der Waals surface area contributed by atoms with E-state index < -0.39 is 24.0 Å². The Labute approximate surface area is 99.8 Å². The van der Waals surface area contributed by atoms with Gasteiger partial charge in [-0.05, 0) is 25.1 Å². The molecule has 1 aromatic rings. The minimum atomic E-state index is -2.05. The Hall–Kier alpha value is -1.14. The van der Waals surface area contributed by atoms with Crippen LogP contribution in [-0.2, 0) is 4.79 Å². The van der Waals surface area contributed by atoms with Gasteiger partial charge in [0, 0.05) is 4.47 Å². The SMILES string of the molecule is CC(O)(COc1cc(Br)ccc1F)C(=O)O. The van der Waals surface area contributed by atoms with E-state index >= 15 is 0 Å². The number of carboxylic acids is 1. The molecule has 1 atom stereocenters. The molecular formula is C10H10BrFO4. The molecule has 1 unspecified atom stereocenters. The summed E-state index contributed by atoms with van der Waals surface area (Å²) in [6.07, 6.45) is 0. The maximum atomic E-state index is 13.2. The molecule has 0 fully saturated rings. The lowest BCUT2D eigenvalue weighted by Gasteiger charge is -2.18. The average molecular weight is 293 g/mol. The van der Waals surface area contributed by atoms with Gasteiger partial charge in [-0.3, -0.25) is 0 Å². The Morgan fingerprint density at radius 2 is 2.25 bits per heavy atom. The van der Waals surface area contributed by atoms with Crippen molar-refractivity contribution >= 4 is 21.9 Å². The van der Waals surface area contributed by atoms with Gasteiger partial charge in [-0.2, -0.15) is 0 Å². The van der Waals surface area contributed by atoms with E-state index in [-0.39, 0.29) is 5.75 Å². The summed E-state index contributed by atoms with van der Waals surface area (Å²) in [7, 11) is 0. The van der Waals surface area contributed by atoms with Crippen LogP contribution in [0.3, 0.4) is 0 Å². The summed E-state index contributed by atoms with van der Waals surface area (Å²) < 4.78 is 18.7. The molecule has 0 amide bonds. The Kier molecular flexibility index (Phi) is 3.88. The molecule has 0 saturated carbocycles. The molecule has 0 radical (unpaired) electrons. The smallest absolute Gasteiger partial charge is 0.339 e. The average Bonchev–Trinajstić information content (AvgIpc) is 2.19. The van der Waals surface area contributed by atoms with Crippen LogP contribution in [0.25, 0.3) is 0 Å². The van der Waals surface area contributed by atoms with Crippen molar-refractivity contribution in [2.45, 2.75) is 12.5 Å². The number of aliphatic hydroxyl groups is 1. The van der Waals surface area contributed by atoms with Crippen LogP contribution in [0.4, 0.5) is 4.39 Å². The van der Waals surface area contributed by atoms with Crippen LogP contribution < -0.4 is 4.74 Å². The molecule has 4 nitrogen and oxygen atoms in total. The number of ether oxygens (including phenoxy) is 1. The monoisotopic (exact) mass is 292 g/mol. The Morgan fingerprint density at radius 3 is 2.81 bits per heavy atom. The number of aliphatic carboxylic acids is 1. The Morgan fingerprint density at radius 1 is 1.62 bits per heavy atom. The van der Waals surface area contributed by atoms with Crippen LogP contribution in [-0.4, -0.2) is 28.4 Å². The third-order valence-corrected chi connectivity index (χ3v) is 2.36. The largest absolute Gasteiger partial charge is 0.487 e. The number of hydrogen-bond acceptors (Lipinski definition) is 3. The third kappa shape index (κ3) is 3.18. The number of carboxylic acid groups (broad SMARTS) is 1. The zero-order valence-corrected chi connectivity index (χ0v) is 9.99. The summed E-state index contributed by atoms with van der Waals surface area (Å²) in [6.45, 7) is 0.543. The van der Waals surface area contributed by atoms with E-state index in [2.05, 4.69) is 15.9 Å². The van der Waals surface area contributed by atoms with Gasteiger partial charge in [0.1, 0.15) is 6.61 Å². The van der Waals surface area contributed by atoms with Crippen molar-refractivity contribution in [3.05, 3.63) is 28.5 Å². The molecule has 0 heterocycles. The lowest BCUT2D eigenvalue weighted by Crippen LogP contribution is -2.41. The maximum absolute atomic E-state index is 13.2. The van der Waals surface area contributed by atoms with E-state index in [4.69, 9.17) is 9.84 Å². The lowest BCUT2D eigenvalue weighted by atomic mass is 10.1. The van der Waals surface area contributed by atoms with E-state index in [0.29, 0.717) is 4.47 Å². The highest BCUT2D eigenvalue weighted by molar-refractivity contribution is 9.10. The third-order valence-electron chi connectivity index (χ3n) is 1.86. The zero-order chi connectivity index (χ0) is 12.3. The second-order valence-corrected chi connectivity index (χ2v) is 4.36. The minimum Gasteiger partial charge on any atom is -0.487 e. The molecule has 1 rings (SSSR count). The van der Waals surface area contributed by atoms with E-state index in [1.807, 2.05) is 0 Å². The molecule has 6 heteroatoms. The molecule has 88 valence electrons. The minimum absolute atomic E-state index is 0.115. The molecule has 0 aliphatic rings. The van der Waals surface area contributed by atoms with Crippen LogP contribution in [0.2, 0.25) is 0 Å². The number of rotatable bonds is 4. The fourth-order valence-electron chi connectivity index (χ4n) is 0.868. The fraction of sp³-hybridized carbons (Fsp3) is 0.300. The second-order valence-electron chi connectivity index (χ2n) is 3.44. The lowest BCUT2D eigenvalue weighted by molar-refractivity contribution is -0.159. The van der Waals surface area contributed by atoms with E-state index in [1.54, 1.807) is 0 Å². The first-order chi connectivity index (χ1) is 7.33. The van der Waals surface area contributed by atoms with Gasteiger partial charge in [-0.15, -0.1) is 0 Å². The molecule has 0 aromatic heterocycles. The van der Waals surface area contributed by atoms with Crippen molar-refractivity contribution in [1.82, 2.24) is 0 Å². The van der Waals surface area contributed by atoms with Crippen molar-refractivity contribution in [3.8, 4) is 5.75 Å². The van der Waals surface area contributed by atoms with Gasteiger partial charge in [-0.1, -0.05) is 15.9 Å². The second kappa shape index (κ2) is 4.80. The molecule has 2 N–H and O–H groups in total. The summed E-state index contributed by atoms with van der Waals surface area (Å²) in [5, 5.41) is 18.0. The van der Waals surface area contributed by atoms with Gasteiger partial charge in [-0.25, -0.2) is 9.18 Å². The molecular weight excluding hydrogens is 283 g/mol. The molecule has 0 bridgehead atoms. The van der Waals surface area contributed by atoms with E-state index in [0.717, 1.165) is 6.92 Å². The Balaban J connectivity index is 2.75. The van der Waals surface area contributed by atoms with Crippen LogP contribution >= 0.6 is 15.9 Å².